The lowest BCUT2D eigenvalue weighted by atomic mass is 9.89. The van der Waals surface area contributed by atoms with Crippen LogP contribution in [0.3, 0.4) is 0 Å². The van der Waals surface area contributed by atoms with Gasteiger partial charge in [0.05, 0.1) is 18.4 Å². The van der Waals surface area contributed by atoms with Crippen LogP contribution in [0.2, 0.25) is 0 Å². The Labute approximate surface area is 142 Å². The van der Waals surface area contributed by atoms with Gasteiger partial charge in [-0.25, -0.2) is 0 Å². The summed E-state index contributed by atoms with van der Waals surface area (Å²) in [7, 11) is 1.64. The number of benzene rings is 2. The highest BCUT2D eigenvalue weighted by atomic mass is 32.2. The summed E-state index contributed by atoms with van der Waals surface area (Å²) < 4.78 is 5.14. The predicted molar refractivity (Wildman–Crippen MR) is 95.9 cm³/mol. The highest BCUT2D eigenvalue weighted by molar-refractivity contribution is 8.00. The number of carbonyl (C=O) groups excluding carboxylic acids is 1. The Hall–Kier alpha value is -1.94. The molecular formula is C19H23NO2S. The molecule has 0 saturated heterocycles. The Morgan fingerprint density at radius 2 is 1.78 bits per heavy atom. The largest absolute Gasteiger partial charge is 0.497 e. The summed E-state index contributed by atoms with van der Waals surface area (Å²) in [5, 5.41) is 3.17. The minimum atomic E-state index is -0.335. The molecule has 1 unspecified atom stereocenters. The van der Waals surface area contributed by atoms with Gasteiger partial charge in [0.15, 0.2) is 0 Å². The van der Waals surface area contributed by atoms with Crippen LogP contribution < -0.4 is 10.1 Å². The first-order chi connectivity index (χ1) is 11.1. The van der Waals surface area contributed by atoms with E-state index in [1.165, 1.54) is 11.8 Å². The van der Waals surface area contributed by atoms with Crippen molar-refractivity contribution >= 4 is 17.7 Å². The van der Waals surface area contributed by atoms with Crippen molar-refractivity contribution < 1.29 is 9.53 Å². The van der Waals surface area contributed by atoms with E-state index < -0.39 is 0 Å². The number of ether oxygens (including phenoxy) is 1. The lowest BCUT2D eigenvalue weighted by molar-refractivity contribution is -0.120. The molecule has 0 spiro atoms. The van der Waals surface area contributed by atoms with Gasteiger partial charge < -0.3 is 10.1 Å². The summed E-state index contributed by atoms with van der Waals surface area (Å²) >= 11 is 1.53. The van der Waals surface area contributed by atoms with Crippen LogP contribution in [0.15, 0.2) is 59.5 Å². The van der Waals surface area contributed by atoms with Crippen LogP contribution in [0.5, 0.6) is 5.75 Å². The maximum absolute atomic E-state index is 12.3. The molecule has 2 aromatic rings. The summed E-state index contributed by atoms with van der Waals surface area (Å²) in [5.74, 6) is 1.26. The van der Waals surface area contributed by atoms with Gasteiger partial charge in [-0.15, -0.1) is 11.8 Å². The van der Waals surface area contributed by atoms with Gasteiger partial charge in [0.1, 0.15) is 5.75 Å². The second-order valence-electron chi connectivity index (χ2n) is 5.56. The Kier molecular flexibility index (Phi) is 6.11. The molecule has 0 heterocycles. The summed E-state index contributed by atoms with van der Waals surface area (Å²) in [4.78, 5) is 13.4. The van der Waals surface area contributed by atoms with E-state index in [1.54, 1.807) is 7.11 Å². The third kappa shape index (κ3) is 4.76. The monoisotopic (exact) mass is 329 g/mol. The number of hydrogen-bond acceptors (Lipinski definition) is 3. The van der Waals surface area contributed by atoms with Crippen molar-refractivity contribution in [2.45, 2.75) is 30.7 Å². The zero-order chi connectivity index (χ0) is 16.7. The van der Waals surface area contributed by atoms with Crippen LogP contribution in [0.4, 0.5) is 0 Å². The molecule has 0 radical (unpaired) electrons. The van der Waals surface area contributed by atoms with E-state index in [9.17, 15) is 4.79 Å². The van der Waals surface area contributed by atoms with E-state index in [1.807, 2.05) is 42.5 Å². The maximum Gasteiger partial charge on any atom is 0.231 e. The highest BCUT2D eigenvalue weighted by Crippen LogP contribution is 2.25. The Morgan fingerprint density at radius 3 is 2.35 bits per heavy atom. The number of amides is 1. The average molecular weight is 329 g/mol. The van der Waals surface area contributed by atoms with Gasteiger partial charge in [0.2, 0.25) is 5.91 Å². The van der Waals surface area contributed by atoms with Crippen molar-refractivity contribution in [2.75, 3.05) is 12.9 Å². The SMILES string of the molecule is CCC(C)(NC(=O)CSc1ccc(OC)cc1)c1ccccc1. The lowest BCUT2D eigenvalue weighted by Crippen LogP contribution is -2.43. The van der Waals surface area contributed by atoms with E-state index in [0.29, 0.717) is 5.75 Å². The molecule has 0 bridgehead atoms. The second-order valence-corrected chi connectivity index (χ2v) is 6.61. The number of methoxy groups -OCH3 is 1. The third-order valence-corrected chi connectivity index (χ3v) is 4.97. The molecule has 0 aliphatic heterocycles. The molecule has 3 nitrogen and oxygen atoms in total. The zero-order valence-electron chi connectivity index (χ0n) is 13.8. The fourth-order valence-electron chi connectivity index (χ4n) is 2.34. The van der Waals surface area contributed by atoms with Crippen LogP contribution in [0.25, 0.3) is 0 Å². The Morgan fingerprint density at radius 1 is 1.13 bits per heavy atom. The summed E-state index contributed by atoms with van der Waals surface area (Å²) in [5.41, 5.74) is 0.795. The molecule has 0 aliphatic carbocycles. The van der Waals surface area contributed by atoms with Crippen LogP contribution in [-0.4, -0.2) is 18.8 Å². The molecule has 0 aliphatic rings. The Bertz CT molecular complexity index is 628. The number of thioether (sulfide) groups is 1. The van der Waals surface area contributed by atoms with E-state index in [4.69, 9.17) is 4.74 Å². The standard InChI is InChI=1S/C19H23NO2S/c1-4-19(2,15-8-6-5-7-9-15)20-18(21)14-23-17-12-10-16(22-3)11-13-17/h5-13H,4,14H2,1-3H3,(H,20,21). The zero-order valence-corrected chi connectivity index (χ0v) is 14.7. The van der Waals surface area contributed by atoms with E-state index in [2.05, 4.69) is 31.3 Å². The normalized spacial score (nSPS) is 13.2. The van der Waals surface area contributed by atoms with Crippen molar-refractivity contribution in [3.8, 4) is 5.75 Å². The second kappa shape index (κ2) is 8.06. The predicted octanol–water partition coefficient (Wildman–Crippen LogP) is 4.23. The molecule has 23 heavy (non-hydrogen) atoms. The molecule has 2 aromatic carbocycles. The third-order valence-electron chi connectivity index (χ3n) is 3.96. The minimum absolute atomic E-state index is 0.0408. The maximum atomic E-state index is 12.3. The smallest absolute Gasteiger partial charge is 0.231 e. The van der Waals surface area contributed by atoms with Crippen molar-refractivity contribution in [1.29, 1.82) is 0 Å². The molecule has 1 amide bonds. The first-order valence-corrected chi connectivity index (χ1v) is 8.69. The lowest BCUT2D eigenvalue weighted by Gasteiger charge is -2.30. The minimum Gasteiger partial charge on any atom is -0.497 e. The summed E-state index contributed by atoms with van der Waals surface area (Å²) in [6.45, 7) is 4.15. The molecule has 1 N–H and O–H groups in total. The van der Waals surface area contributed by atoms with E-state index in [-0.39, 0.29) is 11.4 Å². The van der Waals surface area contributed by atoms with E-state index >= 15 is 0 Å². The highest BCUT2D eigenvalue weighted by Gasteiger charge is 2.26. The topological polar surface area (TPSA) is 38.3 Å². The van der Waals surface area contributed by atoms with Crippen molar-refractivity contribution in [3.63, 3.8) is 0 Å². The average Bonchev–Trinajstić information content (AvgIpc) is 2.61. The molecule has 1 atom stereocenters. The van der Waals surface area contributed by atoms with E-state index in [0.717, 1.165) is 22.6 Å². The molecule has 0 fully saturated rings. The first kappa shape index (κ1) is 17.4. The summed E-state index contributed by atoms with van der Waals surface area (Å²) in [6.07, 6.45) is 0.843. The van der Waals surface area contributed by atoms with Crippen LogP contribution in [-0.2, 0) is 10.3 Å². The first-order valence-electron chi connectivity index (χ1n) is 7.71. The fraction of sp³-hybridized carbons (Fsp3) is 0.316. The molecular weight excluding hydrogens is 306 g/mol. The van der Waals surface area contributed by atoms with Gasteiger partial charge in [0, 0.05) is 4.90 Å². The van der Waals surface area contributed by atoms with Gasteiger partial charge in [-0.3, -0.25) is 4.79 Å². The van der Waals surface area contributed by atoms with Gasteiger partial charge in [0.25, 0.3) is 0 Å². The van der Waals surface area contributed by atoms with Gasteiger partial charge in [-0.1, -0.05) is 37.3 Å². The molecule has 0 aromatic heterocycles. The van der Waals surface area contributed by atoms with Crippen molar-refractivity contribution in [1.82, 2.24) is 5.32 Å². The van der Waals surface area contributed by atoms with Crippen LogP contribution in [0, 0.1) is 0 Å². The molecule has 2 rings (SSSR count). The van der Waals surface area contributed by atoms with Crippen LogP contribution >= 0.6 is 11.8 Å². The quantitative estimate of drug-likeness (QED) is 0.773. The number of nitrogens with one attached hydrogen (secondary N) is 1. The van der Waals surface area contributed by atoms with Gasteiger partial charge >= 0.3 is 0 Å². The summed E-state index contributed by atoms with van der Waals surface area (Å²) in [6, 6.07) is 17.8. The number of hydrogen-bond donors (Lipinski definition) is 1. The number of carbonyl (C=O) groups is 1. The van der Waals surface area contributed by atoms with Crippen molar-refractivity contribution in [2.24, 2.45) is 0 Å². The van der Waals surface area contributed by atoms with Crippen molar-refractivity contribution in [3.05, 3.63) is 60.2 Å². The van der Waals surface area contributed by atoms with Crippen LogP contribution in [0.1, 0.15) is 25.8 Å². The molecule has 4 heteroatoms. The fourth-order valence-corrected chi connectivity index (χ4v) is 3.03. The van der Waals surface area contributed by atoms with Gasteiger partial charge in [-0.05, 0) is 43.2 Å². The number of rotatable bonds is 7. The van der Waals surface area contributed by atoms with Gasteiger partial charge in [-0.2, -0.15) is 0 Å². The molecule has 0 saturated carbocycles. The molecule has 122 valence electrons. The Balaban J connectivity index is 1.94.